The summed E-state index contributed by atoms with van der Waals surface area (Å²) < 4.78 is 26.3. The first-order chi connectivity index (χ1) is 16.2. The molecular formula is C27H39N3O4S. The number of hydrogen-bond acceptors (Lipinski definition) is 4. The molecule has 0 aliphatic carbocycles. The molecule has 1 N–H and O–H groups in total. The lowest BCUT2D eigenvalue weighted by molar-refractivity contribution is -0.141. The smallest absolute Gasteiger partial charge is 0.242 e. The molecule has 2 aromatic rings. The normalized spacial score (nSPS) is 12.7. The second-order valence-electron chi connectivity index (χ2n) is 10.1. The number of para-hydroxylation sites is 1. The van der Waals surface area contributed by atoms with Crippen LogP contribution >= 0.6 is 0 Å². The number of hydrogen-bond donors (Lipinski definition) is 1. The summed E-state index contributed by atoms with van der Waals surface area (Å²) in [5.41, 5.74) is 3.03. The van der Waals surface area contributed by atoms with Gasteiger partial charge in [-0.1, -0.05) is 42.5 Å². The van der Waals surface area contributed by atoms with Crippen molar-refractivity contribution in [2.45, 2.75) is 72.5 Å². The van der Waals surface area contributed by atoms with E-state index in [1.165, 1.54) is 10.6 Å². The summed E-state index contributed by atoms with van der Waals surface area (Å²) in [6.07, 6.45) is 1.62. The Morgan fingerprint density at radius 3 is 2.09 bits per heavy atom. The lowest BCUT2D eigenvalue weighted by Gasteiger charge is -2.32. The monoisotopic (exact) mass is 501 g/mol. The number of amides is 2. The zero-order valence-electron chi connectivity index (χ0n) is 22.0. The Kier molecular flexibility index (Phi) is 9.49. The van der Waals surface area contributed by atoms with Crippen molar-refractivity contribution < 1.29 is 18.0 Å². The van der Waals surface area contributed by atoms with Crippen LogP contribution in [-0.2, 0) is 26.2 Å². The van der Waals surface area contributed by atoms with Gasteiger partial charge in [-0.25, -0.2) is 8.42 Å². The van der Waals surface area contributed by atoms with Crippen LogP contribution in [0, 0.1) is 13.8 Å². The van der Waals surface area contributed by atoms with Crippen molar-refractivity contribution in [1.29, 1.82) is 0 Å². The molecule has 0 unspecified atom stereocenters. The quantitative estimate of drug-likeness (QED) is 0.529. The van der Waals surface area contributed by atoms with E-state index in [9.17, 15) is 18.0 Å². The summed E-state index contributed by atoms with van der Waals surface area (Å²) in [6.45, 7) is 11.7. The van der Waals surface area contributed by atoms with Gasteiger partial charge in [0.05, 0.1) is 11.9 Å². The molecule has 0 heterocycles. The zero-order chi connectivity index (χ0) is 26.4. The van der Waals surface area contributed by atoms with Crippen LogP contribution < -0.4 is 9.62 Å². The van der Waals surface area contributed by atoms with Gasteiger partial charge in [0.25, 0.3) is 0 Å². The Labute approximate surface area is 210 Å². The average molecular weight is 502 g/mol. The standard InChI is InChI=1S/C27H39N3O4S/c1-20-13-8-10-15-23(20)19-29(22(3)26(32)28-27(4,5)6)25(31)17-12-18-30(35(7,33)34)24-16-11-9-14-21(24)2/h8-11,13-16,22H,12,17-19H2,1-7H3,(H,28,32)/t22-/m1/s1. The summed E-state index contributed by atoms with van der Waals surface area (Å²) in [7, 11) is -3.52. The van der Waals surface area contributed by atoms with E-state index in [0.717, 1.165) is 16.7 Å². The van der Waals surface area contributed by atoms with Crippen LogP contribution in [0.5, 0.6) is 0 Å². The molecule has 0 spiro atoms. The summed E-state index contributed by atoms with van der Waals surface area (Å²) in [5.74, 6) is -0.417. The molecule has 0 aliphatic rings. The molecule has 0 fully saturated rings. The highest BCUT2D eigenvalue weighted by Crippen LogP contribution is 2.23. The predicted octanol–water partition coefficient (Wildman–Crippen LogP) is 4.18. The lowest BCUT2D eigenvalue weighted by atomic mass is 10.1. The van der Waals surface area contributed by atoms with Crippen LogP contribution in [-0.4, -0.2) is 49.5 Å². The van der Waals surface area contributed by atoms with E-state index in [2.05, 4.69) is 5.32 Å². The maximum absolute atomic E-state index is 13.4. The van der Waals surface area contributed by atoms with Gasteiger partial charge in [0.2, 0.25) is 21.8 Å². The molecule has 2 amide bonds. The number of aryl methyl sites for hydroxylation is 2. The average Bonchev–Trinajstić information content (AvgIpc) is 2.74. The number of carbonyl (C=O) groups excluding carboxylic acids is 2. The third-order valence-corrected chi connectivity index (χ3v) is 6.98. The molecule has 0 saturated heterocycles. The van der Waals surface area contributed by atoms with Crippen molar-refractivity contribution in [2.24, 2.45) is 0 Å². The molecule has 8 heteroatoms. The van der Waals surface area contributed by atoms with Crippen LogP contribution in [0.15, 0.2) is 48.5 Å². The largest absolute Gasteiger partial charge is 0.350 e. The SMILES string of the molecule is Cc1ccccc1CN(C(=O)CCCN(c1ccccc1C)S(C)(=O)=O)[C@H](C)C(=O)NC(C)(C)C. The fourth-order valence-electron chi connectivity index (χ4n) is 3.85. The maximum Gasteiger partial charge on any atom is 0.242 e. The zero-order valence-corrected chi connectivity index (χ0v) is 22.8. The van der Waals surface area contributed by atoms with Crippen molar-refractivity contribution in [1.82, 2.24) is 10.2 Å². The highest BCUT2D eigenvalue weighted by Gasteiger charge is 2.29. The van der Waals surface area contributed by atoms with Gasteiger partial charge in [0, 0.05) is 25.0 Å². The van der Waals surface area contributed by atoms with Crippen molar-refractivity contribution in [2.75, 3.05) is 17.1 Å². The molecule has 2 aromatic carbocycles. The molecular weight excluding hydrogens is 462 g/mol. The number of carbonyl (C=O) groups is 2. The number of sulfonamides is 1. The van der Waals surface area contributed by atoms with E-state index in [4.69, 9.17) is 0 Å². The van der Waals surface area contributed by atoms with Crippen LogP contribution in [0.2, 0.25) is 0 Å². The van der Waals surface area contributed by atoms with E-state index in [1.54, 1.807) is 24.0 Å². The highest BCUT2D eigenvalue weighted by molar-refractivity contribution is 7.92. The minimum Gasteiger partial charge on any atom is -0.350 e. The molecule has 0 aromatic heterocycles. The number of benzene rings is 2. The van der Waals surface area contributed by atoms with Gasteiger partial charge in [-0.15, -0.1) is 0 Å². The van der Waals surface area contributed by atoms with E-state index in [1.807, 2.05) is 71.0 Å². The van der Waals surface area contributed by atoms with Crippen molar-refractivity contribution in [3.63, 3.8) is 0 Å². The maximum atomic E-state index is 13.4. The van der Waals surface area contributed by atoms with E-state index in [0.29, 0.717) is 18.7 Å². The van der Waals surface area contributed by atoms with Crippen molar-refractivity contribution in [3.8, 4) is 0 Å². The first kappa shape index (κ1) is 28.4. The van der Waals surface area contributed by atoms with Gasteiger partial charge in [0.15, 0.2) is 0 Å². The Bertz CT molecular complexity index is 1140. The summed E-state index contributed by atoms with van der Waals surface area (Å²) >= 11 is 0. The Morgan fingerprint density at radius 1 is 0.971 bits per heavy atom. The molecule has 192 valence electrons. The lowest BCUT2D eigenvalue weighted by Crippen LogP contribution is -2.52. The molecule has 0 bridgehead atoms. The fourth-order valence-corrected chi connectivity index (χ4v) is 4.88. The molecule has 0 saturated carbocycles. The number of nitrogens with zero attached hydrogens (tertiary/aromatic N) is 2. The van der Waals surface area contributed by atoms with Gasteiger partial charge in [0.1, 0.15) is 6.04 Å². The third-order valence-electron chi connectivity index (χ3n) is 5.80. The van der Waals surface area contributed by atoms with Crippen molar-refractivity contribution >= 4 is 27.5 Å². The Hall–Kier alpha value is -2.87. The topological polar surface area (TPSA) is 86.8 Å². The first-order valence-corrected chi connectivity index (χ1v) is 13.7. The molecule has 7 nitrogen and oxygen atoms in total. The van der Waals surface area contributed by atoms with E-state index < -0.39 is 21.6 Å². The second-order valence-corrected chi connectivity index (χ2v) is 12.0. The summed E-state index contributed by atoms with van der Waals surface area (Å²) in [5, 5.41) is 2.96. The third kappa shape index (κ3) is 8.38. The van der Waals surface area contributed by atoms with Crippen LogP contribution in [0.4, 0.5) is 5.69 Å². The fraction of sp³-hybridized carbons (Fsp3) is 0.481. The molecule has 1 atom stereocenters. The van der Waals surface area contributed by atoms with Crippen LogP contribution in [0.1, 0.15) is 57.2 Å². The number of nitrogens with one attached hydrogen (secondary N) is 1. The van der Waals surface area contributed by atoms with E-state index in [-0.39, 0.29) is 24.8 Å². The first-order valence-electron chi connectivity index (χ1n) is 11.9. The van der Waals surface area contributed by atoms with Gasteiger partial charge in [-0.3, -0.25) is 13.9 Å². The predicted molar refractivity (Wildman–Crippen MR) is 142 cm³/mol. The number of anilines is 1. The minimum absolute atomic E-state index is 0.122. The minimum atomic E-state index is -3.52. The molecule has 0 aliphatic heterocycles. The molecule has 0 radical (unpaired) electrons. The molecule has 35 heavy (non-hydrogen) atoms. The van der Waals surface area contributed by atoms with Crippen LogP contribution in [0.25, 0.3) is 0 Å². The van der Waals surface area contributed by atoms with Crippen LogP contribution in [0.3, 0.4) is 0 Å². The summed E-state index contributed by atoms with van der Waals surface area (Å²) in [4.78, 5) is 27.9. The van der Waals surface area contributed by atoms with Gasteiger partial charge >= 0.3 is 0 Å². The van der Waals surface area contributed by atoms with Gasteiger partial charge in [-0.05, 0) is 70.7 Å². The molecule has 2 rings (SSSR count). The van der Waals surface area contributed by atoms with Crippen molar-refractivity contribution in [3.05, 3.63) is 65.2 Å². The van der Waals surface area contributed by atoms with Gasteiger partial charge in [-0.2, -0.15) is 0 Å². The van der Waals surface area contributed by atoms with Gasteiger partial charge < -0.3 is 10.2 Å². The highest BCUT2D eigenvalue weighted by atomic mass is 32.2. The Morgan fingerprint density at radius 2 is 1.54 bits per heavy atom. The second kappa shape index (κ2) is 11.7. The van der Waals surface area contributed by atoms with E-state index >= 15 is 0 Å². The Balaban J connectivity index is 2.21. The number of rotatable bonds is 10. The summed E-state index contributed by atoms with van der Waals surface area (Å²) in [6, 6.07) is 14.4.